The molecule has 133 heavy (non-hydrogen) atoms. The number of hydrogen-bond donors (Lipinski definition) is 0. The largest absolute Gasteiger partial charge is 0.310 e. The molecular weight excluding hydrogens is 1630 g/mol. The number of anilines is 6. The maximum atomic E-state index is 2.54. The van der Waals surface area contributed by atoms with E-state index < -0.39 is 16.1 Å². The van der Waals surface area contributed by atoms with E-state index in [0.717, 1.165) is 34.1 Å². The van der Waals surface area contributed by atoms with Gasteiger partial charge in [-0.15, -0.1) is 0 Å². The quantitative estimate of drug-likeness (QED) is 0.0480. The molecule has 0 N–H and O–H groups in total. The third-order valence-corrected chi connectivity index (χ3v) is 40.0. The highest BCUT2D eigenvalue weighted by molar-refractivity contribution is 7.20. The van der Waals surface area contributed by atoms with Crippen molar-refractivity contribution in [1.82, 2.24) is 0 Å². The van der Waals surface area contributed by atoms with Crippen LogP contribution in [0.3, 0.4) is 0 Å². The predicted molar refractivity (Wildman–Crippen MR) is 570 cm³/mol. The van der Waals surface area contributed by atoms with Crippen molar-refractivity contribution < 1.29 is 0 Å². The molecule has 0 spiro atoms. The topological polar surface area (TPSA) is 6.48 Å². The van der Waals surface area contributed by atoms with E-state index in [1.165, 1.54) is 197 Å². The van der Waals surface area contributed by atoms with E-state index in [-0.39, 0.29) is 16.2 Å². The second-order valence-corrected chi connectivity index (χ2v) is 46.1. The van der Waals surface area contributed by atoms with Gasteiger partial charge in [-0.05, 0) is 246 Å². The van der Waals surface area contributed by atoms with Gasteiger partial charge in [-0.1, -0.05) is 454 Å². The van der Waals surface area contributed by atoms with Crippen LogP contribution in [0.4, 0.5) is 34.1 Å². The zero-order valence-corrected chi connectivity index (χ0v) is 77.4. The van der Waals surface area contributed by atoms with Gasteiger partial charge in [0.05, 0.1) is 11.4 Å². The molecule has 0 amide bonds. The molecule has 25 rings (SSSR count). The van der Waals surface area contributed by atoms with Gasteiger partial charge in [0.25, 0.3) is 0 Å². The van der Waals surface area contributed by atoms with Crippen molar-refractivity contribution in [3.05, 3.63) is 505 Å². The lowest BCUT2D eigenvalue weighted by Gasteiger charge is -2.35. The molecule has 0 saturated heterocycles. The van der Waals surface area contributed by atoms with Crippen molar-refractivity contribution in [2.45, 2.75) is 57.8 Å². The van der Waals surface area contributed by atoms with Crippen LogP contribution in [0, 0.1) is 0 Å². The molecule has 0 bridgehead atoms. The molecule has 4 heteroatoms. The van der Waals surface area contributed by atoms with Crippen LogP contribution in [-0.4, -0.2) is 16.1 Å². The Morgan fingerprint density at radius 1 is 0.173 bits per heavy atom. The molecule has 0 aliphatic heterocycles. The Morgan fingerprint density at radius 2 is 0.383 bits per heavy atom. The Balaban J connectivity index is 0.499. The zero-order valence-electron chi connectivity index (χ0n) is 75.4. The SMILES string of the molecule is CC1(C)c2cc(C=Cc3ccc4c(c3)C(C)(C)c3cc(N(c5ccc([Si](c6ccccc6)(c6ccccc6)c6ccccc6)cc5)c5ccc6c7c(cccc57)-c5ccccc5-6)ccc3-4)ccc2-c2ccc(C=Cc3ccc4c(c3)C(C)(C)c3cc(N(c5ccc([Si](c6ccccc6)(c6ccccc6)c6ccccc6)cc5)c5ccc6c7c(cccc57)-c5ccccc5-6)ccc3-4)cc21. The van der Waals surface area contributed by atoms with Gasteiger partial charge in [0.1, 0.15) is 0 Å². The van der Waals surface area contributed by atoms with Gasteiger partial charge in [0, 0.05) is 49.8 Å². The van der Waals surface area contributed by atoms with E-state index in [4.69, 9.17) is 0 Å². The number of benzene rings is 20. The molecule has 5 aliphatic carbocycles. The van der Waals surface area contributed by atoms with E-state index in [9.17, 15) is 0 Å². The Hall–Kier alpha value is -15.6. The van der Waals surface area contributed by atoms with Crippen molar-refractivity contribution in [2.75, 3.05) is 9.80 Å². The lowest BCUT2D eigenvalue weighted by Crippen LogP contribution is -2.74. The lowest BCUT2D eigenvalue weighted by molar-refractivity contribution is 0.660. The molecule has 20 aromatic carbocycles. The summed E-state index contributed by atoms with van der Waals surface area (Å²) in [5, 5.41) is 15.9. The lowest BCUT2D eigenvalue weighted by atomic mass is 9.81. The average molecular weight is 1730 g/mol. The molecule has 0 radical (unpaired) electrons. The molecule has 5 aliphatic rings. The van der Waals surface area contributed by atoms with Gasteiger partial charge >= 0.3 is 0 Å². The number of nitrogens with zero attached hydrogens (tertiary/aromatic N) is 2. The predicted octanol–water partition coefficient (Wildman–Crippen LogP) is 28.2. The van der Waals surface area contributed by atoms with Crippen LogP contribution in [0.5, 0.6) is 0 Å². The summed E-state index contributed by atoms with van der Waals surface area (Å²) in [5.41, 5.74) is 36.9. The minimum absolute atomic E-state index is 0.220. The molecule has 0 aromatic heterocycles. The van der Waals surface area contributed by atoms with Gasteiger partial charge in [-0.25, -0.2) is 0 Å². The normalized spacial score (nSPS) is 13.9. The van der Waals surface area contributed by atoms with Gasteiger partial charge in [0.15, 0.2) is 16.1 Å². The van der Waals surface area contributed by atoms with Crippen LogP contribution in [0.1, 0.15) is 97.2 Å². The van der Waals surface area contributed by atoms with E-state index in [0.29, 0.717) is 0 Å². The molecule has 2 nitrogen and oxygen atoms in total. The zero-order chi connectivity index (χ0) is 89.1. The molecule has 0 saturated carbocycles. The smallest absolute Gasteiger partial charge is 0.179 e. The molecule has 0 fully saturated rings. The Morgan fingerprint density at radius 3 is 0.654 bits per heavy atom. The summed E-state index contributed by atoms with van der Waals surface area (Å²) in [6, 6.07) is 171. The molecule has 0 atom stereocenters. The van der Waals surface area contributed by atoms with E-state index >= 15 is 0 Å². The summed E-state index contributed by atoms with van der Waals surface area (Å²) < 4.78 is 0. The Kier molecular flexibility index (Phi) is 18.4. The monoisotopic (exact) mass is 1730 g/mol. The van der Waals surface area contributed by atoms with Crippen molar-refractivity contribution in [3.8, 4) is 77.9 Å². The van der Waals surface area contributed by atoms with Gasteiger partial charge in [0.2, 0.25) is 0 Å². The summed E-state index contributed by atoms with van der Waals surface area (Å²) in [4.78, 5) is 5.07. The molecular formula is C129H96N2Si2. The van der Waals surface area contributed by atoms with Crippen molar-refractivity contribution in [3.63, 3.8) is 0 Å². The highest BCUT2D eigenvalue weighted by atomic mass is 28.3. The first-order valence-electron chi connectivity index (χ1n) is 46.9. The number of rotatable bonds is 18. The average Bonchev–Trinajstić information content (AvgIpc) is 1.69. The minimum atomic E-state index is -2.81. The summed E-state index contributed by atoms with van der Waals surface area (Å²) >= 11 is 0. The maximum Gasteiger partial charge on any atom is 0.179 e. The van der Waals surface area contributed by atoms with Crippen molar-refractivity contribution in [1.29, 1.82) is 0 Å². The van der Waals surface area contributed by atoms with E-state index in [2.05, 4.69) is 525 Å². The van der Waals surface area contributed by atoms with Crippen LogP contribution < -0.4 is 51.3 Å². The van der Waals surface area contributed by atoms with Crippen LogP contribution in [0.15, 0.2) is 449 Å². The second kappa shape index (κ2) is 30.8. The maximum absolute atomic E-state index is 2.81. The molecule has 0 unspecified atom stereocenters. The van der Waals surface area contributed by atoms with Gasteiger partial charge in [-0.3, -0.25) is 0 Å². The molecule has 20 aromatic rings. The Labute approximate surface area is 781 Å². The Bertz CT molecular complexity index is 7440. The first kappa shape index (κ1) is 79.6. The fourth-order valence-electron chi connectivity index (χ4n) is 24.0. The first-order chi connectivity index (χ1) is 65.2. The van der Waals surface area contributed by atoms with Crippen LogP contribution in [0.2, 0.25) is 0 Å². The van der Waals surface area contributed by atoms with E-state index in [1.54, 1.807) is 0 Å². The van der Waals surface area contributed by atoms with Gasteiger partial charge in [-0.2, -0.15) is 0 Å². The molecule has 0 heterocycles. The van der Waals surface area contributed by atoms with Crippen LogP contribution in [-0.2, 0) is 16.2 Å². The standard InChI is InChI=1S/C129H96N2Si2/c1-127(2)117-79-85(51-53-87-57-71-107-109-73-63-91(83-121(109)128(3,4)119(107)81-87)130(123-77-75-113-103-45-27-25-43-101(103)111-47-29-49-115(123)125(111)113)89-59-65-99(66-60-89)132(93-31-13-7-14-32-93,94-33-15-8-16-34-94)95-35-17-9-18-36-95)55-69-105(117)106-70-56-86(80-118(106)127)52-54-88-58-72-108-110-74-64-92(84-122(110)129(5,6)120(108)82-88)131(124-78-76-114-104-46-28-26-44-102(104)112-48-30-50-116(124)126(112)114)90-61-67-100(68-62-90)133(96-37-19-10-20-38-96,97-39-21-11-22-40-97)98-41-23-12-24-42-98/h7-84H,1-6H3. The highest BCUT2D eigenvalue weighted by Crippen LogP contribution is 2.58. The van der Waals surface area contributed by atoms with Crippen LogP contribution in [0.25, 0.3) is 124 Å². The summed E-state index contributed by atoms with van der Waals surface area (Å²) in [7, 11) is -5.62. The summed E-state index contributed by atoms with van der Waals surface area (Å²) in [6.07, 6.45) is 9.29. The second-order valence-electron chi connectivity index (χ2n) is 38.5. The third-order valence-electron chi connectivity index (χ3n) is 30.4. The van der Waals surface area contributed by atoms with Crippen molar-refractivity contribution >= 4 is 138 Å². The van der Waals surface area contributed by atoms with Gasteiger partial charge < -0.3 is 9.80 Å². The van der Waals surface area contributed by atoms with E-state index in [1.807, 2.05) is 0 Å². The summed E-state index contributed by atoms with van der Waals surface area (Å²) in [5.74, 6) is 0. The highest BCUT2D eigenvalue weighted by Gasteiger charge is 2.46. The minimum Gasteiger partial charge on any atom is -0.310 e. The number of fused-ring (bicyclic) bond motifs is 15. The van der Waals surface area contributed by atoms with Crippen molar-refractivity contribution in [2.24, 2.45) is 0 Å². The third kappa shape index (κ3) is 12.3. The molecule has 630 valence electrons. The fraction of sp³-hybridized carbons (Fsp3) is 0.0698. The fourth-order valence-corrected chi connectivity index (χ4v) is 33.5. The summed E-state index contributed by atoms with van der Waals surface area (Å²) in [6.45, 7) is 14.5. The number of hydrogen-bond acceptors (Lipinski definition) is 2. The first-order valence-corrected chi connectivity index (χ1v) is 50.9. The van der Waals surface area contributed by atoms with Crippen LogP contribution >= 0.6 is 0 Å².